The van der Waals surface area contributed by atoms with Crippen LogP contribution >= 0.6 is 11.6 Å². The van der Waals surface area contributed by atoms with Crippen LogP contribution in [0.15, 0.2) is 51.6 Å². The molecule has 0 aliphatic heterocycles. The molecule has 0 aliphatic carbocycles. The van der Waals surface area contributed by atoms with Gasteiger partial charge in [0.1, 0.15) is 5.75 Å². The fourth-order valence-corrected chi connectivity index (χ4v) is 2.40. The van der Waals surface area contributed by atoms with Gasteiger partial charge in [-0.25, -0.2) is 0 Å². The van der Waals surface area contributed by atoms with E-state index in [0.29, 0.717) is 35.6 Å². The van der Waals surface area contributed by atoms with Gasteiger partial charge in [-0.3, -0.25) is 4.90 Å². The minimum atomic E-state index is 0.465. The van der Waals surface area contributed by atoms with Gasteiger partial charge >= 0.3 is 0 Å². The average molecular weight is 348 g/mol. The molecule has 0 amide bonds. The molecular formula is C17H18ClN3O3. The fourth-order valence-electron chi connectivity index (χ4n) is 2.22. The minimum absolute atomic E-state index is 0.465. The molecule has 2 heterocycles. The normalized spacial score (nSPS) is 11.1. The Morgan fingerprint density at radius 3 is 2.96 bits per heavy atom. The van der Waals surface area contributed by atoms with Crippen molar-refractivity contribution in [3.05, 3.63) is 53.6 Å². The summed E-state index contributed by atoms with van der Waals surface area (Å²) in [4.78, 5) is 6.42. The number of nitrogens with zero attached hydrogens (tertiary/aromatic N) is 3. The highest BCUT2D eigenvalue weighted by molar-refractivity contribution is 6.30. The molecule has 0 atom stereocenters. The van der Waals surface area contributed by atoms with Gasteiger partial charge in [-0.2, -0.15) is 4.98 Å². The van der Waals surface area contributed by atoms with Crippen molar-refractivity contribution in [2.45, 2.75) is 13.0 Å². The summed E-state index contributed by atoms with van der Waals surface area (Å²) in [5, 5.41) is 4.59. The maximum Gasteiger partial charge on any atom is 0.241 e. The van der Waals surface area contributed by atoms with Crippen LogP contribution in [-0.4, -0.2) is 35.2 Å². The molecule has 0 bridgehead atoms. The number of ether oxygens (including phenoxy) is 1. The zero-order chi connectivity index (χ0) is 16.8. The molecule has 1 aromatic carbocycles. The van der Waals surface area contributed by atoms with E-state index >= 15 is 0 Å². The summed E-state index contributed by atoms with van der Waals surface area (Å²) < 4.78 is 16.1. The molecule has 0 N–H and O–H groups in total. The highest BCUT2D eigenvalue weighted by Gasteiger charge is 2.12. The third kappa shape index (κ3) is 4.59. The Morgan fingerprint density at radius 2 is 2.17 bits per heavy atom. The first-order valence-corrected chi connectivity index (χ1v) is 8.02. The molecule has 0 aliphatic rings. The first kappa shape index (κ1) is 16.5. The third-order valence-electron chi connectivity index (χ3n) is 3.36. The topological polar surface area (TPSA) is 64.5 Å². The van der Waals surface area contributed by atoms with Crippen LogP contribution in [0.4, 0.5) is 0 Å². The van der Waals surface area contributed by atoms with Crippen LogP contribution in [0.3, 0.4) is 0 Å². The lowest BCUT2D eigenvalue weighted by Crippen LogP contribution is -2.21. The predicted molar refractivity (Wildman–Crippen MR) is 89.9 cm³/mol. The van der Waals surface area contributed by atoms with Crippen molar-refractivity contribution in [1.29, 1.82) is 0 Å². The predicted octanol–water partition coefficient (Wildman–Crippen LogP) is 3.88. The van der Waals surface area contributed by atoms with Crippen LogP contribution < -0.4 is 4.74 Å². The second kappa shape index (κ2) is 7.99. The van der Waals surface area contributed by atoms with Crippen molar-refractivity contribution in [1.82, 2.24) is 15.0 Å². The van der Waals surface area contributed by atoms with Gasteiger partial charge in [-0.05, 0) is 43.8 Å². The van der Waals surface area contributed by atoms with E-state index in [1.54, 1.807) is 24.5 Å². The summed E-state index contributed by atoms with van der Waals surface area (Å²) in [6, 6.07) is 11.0. The van der Waals surface area contributed by atoms with Crippen molar-refractivity contribution >= 4 is 11.6 Å². The summed E-state index contributed by atoms with van der Waals surface area (Å²) in [5.41, 5.74) is 0. The van der Waals surface area contributed by atoms with Gasteiger partial charge in [0.15, 0.2) is 5.76 Å². The van der Waals surface area contributed by atoms with Crippen molar-refractivity contribution in [3.8, 4) is 17.3 Å². The summed E-state index contributed by atoms with van der Waals surface area (Å²) in [5.74, 6) is 2.40. The van der Waals surface area contributed by atoms with E-state index in [1.807, 2.05) is 25.2 Å². The first-order chi connectivity index (χ1) is 11.7. The van der Waals surface area contributed by atoms with Gasteiger partial charge < -0.3 is 13.7 Å². The molecule has 0 fully saturated rings. The molecule has 6 nitrogen and oxygen atoms in total. The second-order valence-electron chi connectivity index (χ2n) is 5.39. The molecule has 126 valence electrons. The zero-order valence-electron chi connectivity index (χ0n) is 13.3. The van der Waals surface area contributed by atoms with Crippen LogP contribution in [-0.2, 0) is 6.54 Å². The van der Waals surface area contributed by atoms with Gasteiger partial charge in [0.2, 0.25) is 11.7 Å². The van der Waals surface area contributed by atoms with Crippen LogP contribution in [0.2, 0.25) is 5.02 Å². The van der Waals surface area contributed by atoms with Gasteiger partial charge in [0, 0.05) is 11.6 Å². The van der Waals surface area contributed by atoms with Gasteiger partial charge in [-0.1, -0.05) is 22.8 Å². The van der Waals surface area contributed by atoms with Crippen LogP contribution in [0.1, 0.15) is 12.3 Å². The molecule has 3 aromatic rings. The van der Waals surface area contributed by atoms with Crippen molar-refractivity contribution in [2.24, 2.45) is 0 Å². The van der Waals surface area contributed by atoms with E-state index < -0.39 is 0 Å². The number of aromatic nitrogens is 2. The number of hydrogen-bond acceptors (Lipinski definition) is 6. The lowest BCUT2D eigenvalue weighted by atomic mass is 10.3. The average Bonchev–Trinajstić information content (AvgIpc) is 3.23. The van der Waals surface area contributed by atoms with Crippen LogP contribution in [0, 0.1) is 0 Å². The zero-order valence-corrected chi connectivity index (χ0v) is 14.1. The number of halogens is 1. The number of benzene rings is 1. The highest BCUT2D eigenvalue weighted by Crippen LogP contribution is 2.18. The molecular weight excluding hydrogens is 330 g/mol. The largest absolute Gasteiger partial charge is 0.493 e. The maximum absolute atomic E-state index is 5.92. The lowest BCUT2D eigenvalue weighted by Gasteiger charge is -2.14. The van der Waals surface area contributed by atoms with E-state index in [2.05, 4.69) is 15.0 Å². The molecule has 0 unspecified atom stereocenters. The molecule has 24 heavy (non-hydrogen) atoms. The smallest absolute Gasteiger partial charge is 0.241 e. The molecule has 2 aromatic heterocycles. The van der Waals surface area contributed by atoms with Gasteiger partial charge in [-0.15, -0.1) is 0 Å². The Balaban J connectivity index is 1.40. The quantitative estimate of drug-likeness (QED) is 0.576. The minimum Gasteiger partial charge on any atom is -0.493 e. The Morgan fingerprint density at radius 1 is 1.25 bits per heavy atom. The van der Waals surface area contributed by atoms with E-state index in [9.17, 15) is 0 Å². The molecule has 0 saturated heterocycles. The summed E-state index contributed by atoms with van der Waals surface area (Å²) >= 11 is 5.92. The Kier molecular flexibility index (Phi) is 5.51. The first-order valence-electron chi connectivity index (χ1n) is 7.64. The maximum atomic E-state index is 5.92. The SMILES string of the molecule is CN(CCCOc1cccc(Cl)c1)Cc1nc(-c2ccco2)no1. The molecule has 0 spiro atoms. The Hall–Kier alpha value is -2.31. The van der Waals surface area contributed by atoms with E-state index in [1.165, 1.54) is 0 Å². The van der Waals surface area contributed by atoms with E-state index in [-0.39, 0.29) is 0 Å². The molecule has 0 saturated carbocycles. The van der Waals surface area contributed by atoms with Gasteiger partial charge in [0.25, 0.3) is 0 Å². The van der Waals surface area contributed by atoms with E-state index in [0.717, 1.165) is 18.7 Å². The third-order valence-corrected chi connectivity index (χ3v) is 3.60. The summed E-state index contributed by atoms with van der Waals surface area (Å²) in [6.45, 7) is 2.04. The molecule has 7 heteroatoms. The molecule has 0 radical (unpaired) electrons. The Labute approximate surface area is 145 Å². The Bertz CT molecular complexity index is 758. The summed E-state index contributed by atoms with van der Waals surface area (Å²) in [6.07, 6.45) is 2.46. The van der Waals surface area contributed by atoms with Crippen molar-refractivity contribution < 1.29 is 13.7 Å². The van der Waals surface area contributed by atoms with Crippen molar-refractivity contribution in [3.63, 3.8) is 0 Å². The standard InChI is InChI=1S/C17H18ClN3O3/c1-21(8-4-10-22-14-6-2-5-13(18)11-14)12-16-19-17(20-24-16)15-7-3-9-23-15/h2-3,5-7,9,11H,4,8,10,12H2,1H3. The van der Waals surface area contributed by atoms with Crippen molar-refractivity contribution in [2.75, 3.05) is 20.2 Å². The van der Waals surface area contributed by atoms with Gasteiger partial charge in [0.05, 0.1) is 19.4 Å². The number of rotatable bonds is 8. The summed E-state index contributed by atoms with van der Waals surface area (Å²) in [7, 11) is 2.00. The highest BCUT2D eigenvalue weighted by atomic mass is 35.5. The number of furan rings is 1. The lowest BCUT2D eigenvalue weighted by molar-refractivity contribution is 0.235. The monoisotopic (exact) mass is 347 g/mol. The number of hydrogen-bond donors (Lipinski definition) is 0. The second-order valence-corrected chi connectivity index (χ2v) is 5.82. The molecule has 3 rings (SSSR count). The van der Waals surface area contributed by atoms with Crippen LogP contribution in [0.25, 0.3) is 11.6 Å². The fraction of sp³-hybridized carbons (Fsp3) is 0.294. The van der Waals surface area contributed by atoms with Crippen LogP contribution in [0.5, 0.6) is 5.75 Å². The van der Waals surface area contributed by atoms with E-state index in [4.69, 9.17) is 25.3 Å².